The third-order valence-electron chi connectivity index (χ3n) is 3.20. The van der Waals surface area contributed by atoms with Crippen LogP contribution in [0.15, 0.2) is 0 Å². The van der Waals surface area contributed by atoms with Crippen LogP contribution in [0.25, 0.3) is 0 Å². The predicted molar refractivity (Wildman–Crippen MR) is 56.2 cm³/mol. The molecule has 1 aliphatic heterocycles. The van der Waals surface area contributed by atoms with Gasteiger partial charge in [-0.3, -0.25) is 4.79 Å². The average Bonchev–Trinajstić information content (AvgIpc) is 2.46. The minimum atomic E-state index is -0.630. The fourth-order valence-electron chi connectivity index (χ4n) is 2.24. The normalized spacial score (nSPS) is 25.6. The quantitative estimate of drug-likeness (QED) is 0.749. The monoisotopic (exact) mass is 199 g/mol. The van der Waals surface area contributed by atoms with Gasteiger partial charge in [0.1, 0.15) is 0 Å². The van der Waals surface area contributed by atoms with Crippen molar-refractivity contribution in [3.8, 4) is 0 Å². The van der Waals surface area contributed by atoms with Crippen LogP contribution >= 0.6 is 0 Å². The van der Waals surface area contributed by atoms with Gasteiger partial charge in [0.05, 0.1) is 5.92 Å². The third-order valence-corrected chi connectivity index (χ3v) is 3.20. The Morgan fingerprint density at radius 2 is 2.21 bits per heavy atom. The van der Waals surface area contributed by atoms with Gasteiger partial charge < -0.3 is 10.0 Å². The van der Waals surface area contributed by atoms with E-state index < -0.39 is 5.97 Å². The van der Waals surface area contributed by atoms with Crippen LogP contribution in [-0.2, 0) is 4.79 Å². The maximum absolute atomic E-state index is 11.0. The highest BCUT2D eigenvalue weighted by molar-refractivity contribution is 5.70. The van der Waals surface area contributed by atoms with Crippen LogP contribution < -0.4 is 0 Å². The molecule has 1 aliphatic rings. The predicted octanol–water partition coefficient (Wildman–Crippen LogP) is 1.69. The summed E-state index contributed by atoms with van der Waals surface area (Å²) in [6.45, 7) is 6.18. The first kappa shape index (κ1) is 11.5. The Kier molecular flexibility index (Phi) is 3.93. The Hall–Kier alpha value is -0.570. The zero-order chi connectivity index (χ0) is 10.7. The topological polar surface area (TPSA) is 40.5 Å². The molecule has 0 aromatic rings. The van der Waals surface area contributed by atoms with Gasteiger partial charge in [0.2, 0.25) is 0 Å². The first-order valence-corrected chi connectivity index (χ1v) is 5.42. The largest absolute Gasteiger partial charge is 0.481 e. The molecule has 0 saturated carbocycles. The molecule has 3 nitrogen and oxygen atoms in total. The van der Waals surface area contributed by atoms with Crippen LogP contribution in [0.1, 0.15) is 26.7 Å². The third kappa shape index (κ3) is 2.98. The van der Waals surface area contributed by atoms with Crippen molar-refractivity contribution in [2.45, 2.75) is 26.7 Å². The maximum Gasteiger partial charge on any atom is 0.306 e. The van der Waals surface area contributed by atoms with E-state index in [9.17, 15) is 4.79 Å². The number of hydrogen-bond donors (Lipinski definition) is 1. The molecule has 2 unspecified atom stereocenters. The molecule has 14 heavy (non-hydrogen) atoms. The smallest absolute Gasteiger partial charge is 0.306 e. The van der Waals surface area contributed by atoms with Gasteiger partial charge in [0, 0.05) is 6.54 Å². The Balaban J connectivity index is 2.44. The summed E-state index contributed by atoms with van der Waals surface area (Å²) in [6.07, 6.45) is 2.00. The highest BCUT2D eigenvalue weighted by Gasteiger charge is 2.28. The minimum absolute atomic E-state index is 0.161. The van der Waals surface area contributed by atoms with Crippen molar-refractivity contribution in [2.75, 3.05) is 20.1 Å². The Morgan fingerprint density at radius 3 is 2.57 bits per heavy atom. The number of carboxylic acid groups (broad SMARTS) is 1. The fraction of sp³-hybridized carbons (Fsp3) is 0.909. The van der Waals surface area contributed by atoms with Crippen molar-refractivity contribution in [3.05, 3.63) is 0 Å². The van der Waals surface area contributed by atoms with Crippen molar-refractivity contribution < 1.29 is 9.90 Å². The molecular formula is C11H21NO2. The van der Waals surface area contributed by atoms with E-state index >= 15 is 0 Å². The van der Waals surface area contributed by atoms with Crippen LogP contribution in [-0.4, -0.2) is 36.1 Å². The number of carbonyl (C=O) groups is 1. The minimum Gasteiger partial charge on any atom is -0.481 e. The summed E-state index contributed by atoms with van der Waals surface area (Å²) in [5.41, 5.74) is 0. The van der Waals surface area contributed by atoms with Crippen molar-refractivity contribution in [1.82, 2.24) is 4.90 Å². The molecule has 82 valence electrons. The number of likely N-dealkylation sites (tertiary alicyclic amines) is 1. The van der Waals surface area contributed by atoms with E-state index in [4.69, 9.17) is 5.11 Å². The Labute approximate surface area is 86.1 Å². The first-order valence-electron chi connectivity index (χ1n) is 5.42. The van der Waals surface area contributed by atoms with Crippen LogP contribution in [0.2, 0.25) is 0 Å². The molecule has 1 N–H and O–H groups in total. The Morgan fingerprint density at radius 1 is 1.57 bits per heavy atom. The van der Waals surface area contributed by atoms with E-state index in [0.717, 1.165) is 25.9 Å². The molecule has 0 aromatic heterocycles. The molecule has 1 fully saturated rings. The summed E-state index contributed by atoms with van der Waals surface area (Å²) < 4.78 is 0. The zero-order valence-electron chi connectivity index (χ0n) is 9.36. The van der Waals surface area contributed by atoms with Gasteiger partial charge in [0.25, 0.3) is 0 Å². The zero-order valence-corrected chi connectivity index (χ0v) is 9.36. The van der Waals surface area contributed by atoms with E-state index in [-0.39, 0.29) is 11.8 Å². The van der Waals surface area contributed by atoms with Gasteiger partial charge in [-0.2, -0.15) is 0 Å². The number of aliphatic carboxylic acids is 1. The molecule has 0 spiro atoms. The summed E-state index contributed by atoms with van der Waals surface area (Å²) >= 11 is 0. The molecular weight excluding hydrogens is 178 g/mol. The SMILES string of the molecule is CC(C)C(CC1CCN(C)C1)C(=O)O. The van der Waals surface area contributed by atoms with Crippen LogP contribution in [0.5, 0.6) is 0 Å². The van der Waals surface area contributed by atoms with Crippen molar-refractivity contribution in [1.29, 1.82) is 0 Å². The summed E-state index contributed by atoms with van der Waals surface area (Å²) in [4.78, 5) is 13.3. The lowest BCUT2D eigenvalue weighted by atomic mass is 9.86. The lowest BCUT2D eigenvalue weighted by Crippen LogP contribution is -2.24. The van der Waals surface area contributed by atoms with Gasteiger partial charge >= 0.3 is 5.97 Å². The molecule has 3 heteroatoms. The van der Waals surface area contributed by atoms with E-state index in [1.165, 1.54) is 0 Å². The second-order valence-electron chi connectivity index (χ2n) is 4.84. The molecule has 1 saturated heterocycles. The van der Waals surface area contributed by atoms with Crippen molar-refractivity contribution in [3.63, 3.8) is 0 Å². The lowest BCUT2D eigenvalue weighted by Gasteiger charge is -2.19. The average molecular weight is 199 g/mol. The van der Waals surface area contributed by atoms with Crippen molar-refractivity contribution >= 4 is 5.97 Å². The second kappa shape index (κ2) is 4.78. The molecule has 0 radical (unpaired) electrons. The van der Waals surface area contributed by atoms with Gasteiger partial charge in [0.15, 0.2) is 0 Å². The molecule has 0 amide bonds. The highest BCUT2D eigenvalue weighted by Crippen LogP contribution is 2.26. The lowest BCUT2D eigenvalue weighted by molar-refractivity contribution is -0.143. The standard InChI is InChI=1S/C11H21NO2/c1-8(2)10(11(13)14)6-9-4-5-12(3)7-9/h8-10H,4-7H2,1-3H3,(H,13,14). The fourth-order valence-corrected chi connectivity index (χ4v) is 2.24. The number of rotatable bonds is 4. The second-order valence-corrected chi connectivity index (χ2v) is 4.84. The first-order chi connectivity index (χ1) is 6.50. The molecule has 1 rings (SSSR count). The highest BCUT2D eigenvalue weighted by atomic mass is 16.4. The molecule has 0 aromatic carbocycles. The maximum atomic E-state index is 11.0. The van der Waals surface area contributed by atoms with Gasteiger partial charge in [-0.05, 0) is 38.3 Å². The summed E-state index contributed by atoms with van der Waals surface area (Å²) in [5, 5.41) is 9.06. The van der Waals surface area contributed by atoms with Crippen molar-refractivity contribution in [2.24, 2.45) is 17.8 Å². The van der Waals surface area contributed by atoms with E-state index in [0.29, 0.717) is 5.92 Å². The Bertz CT molecular complexity index is 203. The molecule has 1 heterocycles. The summed E-state index contributed by atoms with van der Waals surface area (Å²) in [6, 6.07) is 0. The van der Waals surface area contributed by atoms with Gasteiger partial charge in [-0.25, -0.2) is 0 Å². The van der Waals surface area contributed by atoms with Crippen LogP contribution in [0, 0.1) is 17.8 Å². The van der Waals surface area contributed by atoms with E-state index in [2.05, 4.69) is 11.9 Å². The van der Waals surface area contributed by atoms with Crippen LogP contribution in [0.4, 0.5) is 0 Å². The van der Waals surface area contributed by atoms with Crippen LogP contribution in [0.3, 0.4) is 0 Å². The molecule has 0 aliphatic carbocycles. The number of hydrogen-bond acceptors (Lipinski definition) is 2. The molecule has 0 bridgehead atoms. The van der Waals surface area contributed by atoms with E-state index in [1.807, 2.05) is 13.8 Å². The summed E-state index contributed by atoms with van der Waals surface area (Å²) in [5.74, 6) is 0.0444. The summed E-state index contributed by atoms with van der Waals surface area (Å²) in [7, 11) is 2.10. The van der Waals surface area contributed by atoms with E-state index in [1.54, 1.807) is 0 Å². The van der Waals surface area contributed by atoms with Gasteiger partial charge in [-0.15, -0.1) is 0 Å². The number of nitrogens with zero attached hydrogens (tertiary/aromatic N) is 1. The molecule has 2 atom stereocenters. The van der Waals surface area contributed by atoms with Gasteiger partial charge in [-0.1, -0.05) is 13.8 Å². The number of carboxylic acids is 1.